The molecule has 0 saturated heterocycles. The summed E-state index contributed by atoms with van der Waals surface area (Å²) in [7, 11) is 0. The van der Waals surface area contributed by atoms with Crippen molar-refractivity contribution in [2.75, 3.05) is 0 Å². The number of hydrogen-bond acceptors (Lipinski definition) is 3. The Morgan fingerprint density at radius 1 is 0.250 bits per heavy atom. The topological polar surface area (TPSA) is 38.7 Å². The van der Waals surface area contributed by atoms with Crippen molar-refractivity contribution in [3.63, 3.8) is 0 Å². The predicted octanol–water partition coefficient (Wildman–Crippen LogP) is 17.0. The predicted molar refractivity (Wildman–Crippen MR) is 232 cm³/mol. The summed E-state index contributed by atoms with van der Waals surface area (Å²) in [5.74, 6) is 2.92. The van der Waals surface area contributed by atoms with E-state index >= 15 is 0 Å². The van der Waals surface area contributed by atoms with E-state index in [0.717, 1.165) is 30.3 Å². The minimum absolute atomic E-state index is 0.668. The molecule has 0 amide bonds. The van der Waals surface area contributed by atoms with Gasteiger partial charge in [-0.3, -0.25) is 0 Å². The summed E-state index contributed by atoms with van der Waals surface area (Å²) < 4.78 is 0. The molecule has 305 valence electrons. The Morgan fingerprint density at radius 3 is 0.615 bits per heavy atom. The molecular weight excluding hydrogens is 631 g/mol. The Balaban J connectivity index is 1.90. The zero-order valence-electron chi connectivity index (χ0n) is 36.0. The molecule has 52 heavy (non-hydrogen) atoms. The van der Waals surface area contributed by atoms with Gasteiger partial charge in [0.25, 0.3) is 0 Å². The Morgan fingerprint density at radius 2 is 0.423 bits per heavy atom. The highest BCUT2D eigenvalue weighted by molar-refractivity contribution is 4.99. The van der Waals surface area contributed by atoms with Gasteiger partial charge in [-0.15, -0.1) is 0 Å². The Bertz CT molecular complexity index is 761. The Hall–Kier alpha value is -0.990. The lowest BCUT2D eigenvalue weighted by Crippen LogP contribution is -2.08. The molecule has 0 aliphatic rings. The molecule has 0 fully saturated rings. The SMILES string of the molecule is [CH2]Cc1nc(CCCCCCCCCCCCCCCCCCCCCC)nc(CCCCCCCCCCCCCCCCCCCCCC)n1. The van der Waals surface area contributed by atoms with Gasteiger partial charge < -0.3 is 0 Å². The maximum atomic E-state index is 4.87. The fourth-order valence-corrected chi connectivity index (χ4v) is 7.93. The third-order valence-electron chi connectivity index (χ3n) is 11.5. The van der Waals surface area contributed by atoms with E-state index in [1.54, 1.807) is 0 Å². The molecule has 0 spiro atoms. The zero-order valence-corrected chi connectivity index (χ0v) is 36.0. The summed E-state index contributed by atoms with van der Waals surface area (Å²) in [4.78, 5) is 14.3. The highest BCUT2D eigenvalue weighted by Crippen LogP contribution is 2.17. The molecule has 1 aromatic rings. The van der Waals surface area contributed by atoms with Gasteiger partial charge >= 0.3 is 0 Å². The van der Waals surface area contributed by atoms with Crippen molar-refractivity contribution in [1.29, 1.82) is 0 Å². The summed E-state index contributed by atoms with van der Waals surface area (Å²) in [5.41, 5.74) is 0. The molecule has 0 saturated carbocycles. The first-order valence-electron chi connectivity index (χ1n) is 24.3. The van der Waals surface area contributed by atoms with Crippen molar-refractivity contribution in [3.8, 4) is 0 Å². The van der Waals surface area contributed by atoms with Gasteiger partial charge in [-0.1, -0.05) is 258 Å². The normalized spacial score (nSPS) is 11.6. The highest BCUT2D eigenvalue weighted by atomic mass is 15.0. The van der Waals surface area contributed by atoms with Crippen LogP contribution in [0.15, 0.2) is 0 Å². The molecule has 1 heterocycles. The minimum atomic E-state index is 0.668. The Labute approximate surface area is 328 Å². The molecule has 0 atom stereocenters. The maximum absolute atomic E-state index is 4.87. The summed E-state index contributed by atoms with van der Waals surface area (Å²) in [5, 5.41) is 0. The standard InChI is InChI=1S/C49H94N3/c1-4-7-9-11-13-15-17-19-21-23-25-27-29-31-33-35-37-39-41-43-45-48-50-47(6-3)51-49(52-48)46-44-42-40-38-36-34-32-30-28-26-24-22-20-18-16-14-12-10-8-5-2/h3-46H2,1-2H3. The molecule has 0 bridgehead atoms. The molecule has 0 aromatic carbocycles. The average molecular weight is 725 g/mol. The quantitative estimate of drug-likeness (QED) is 0.0630. The molecule has 0 aliphatic heterocycles. The van der Waals surface area contributed by atoms with Gasteiger partial charge in [-0.05, 0) is 19.8 Å². The molecule has 1 rings (SSSR count). The number of unbranched alkanes of at least 4 members (excludes halogenated alkanes) is 38. The largest absolute Gasteiger partial charge is 0.218 e. The van der Waals surface area contributed by atoms with Crippen LogP contribution in [0.5, 0.6) is 0 Å². The lowest BCUT2D eigenvalue weighted by atomic mass is 10.0. The second-order valence-corrected chi connectivity index (χ2v) is 16.8. The molecular formula is C49H94N3. The monoisotopic (exact) mass is 725 g/mol. The van der Waals surface area contributed by atoms with Gasteiger partial charge in [0.2, 0.25) is 0 Å². The van der Waals surface area contributed by atoms with Crippen LogP contribution in [0.25, 0.3) is 0 Å². The molecule has 3 heteroatoms. The van der Waals surface area contributed by atoms with Crippen molar-refractivity contribution in [2.45, 2.75) is 290 Å². The van der Waals surface area contributed by atoms with E-state index in [9.17, 15) is 0 Å². The summed E-state index contributed by atoms with van der Waals surface area (Å²) in [6, 6.07) is 0. The summed E-state index contributed by atoms with van der Waals surface area (Å²) >= 11 is 0. The number of aryl methyl sites for hydroxylation is 2. The van der Waals surface area contributed by atoms with Gasteiger partial charge in [0, 0.05) is 19.3 Å². The van der Waals surface area contributed by atoms with Crippen LogP contribution in [0.1, 0.15) is 288 Å². The fourth-order valence-electron chi connectivity index (χ4n) is 7.93. The zero-order chi connectivity index (χ0) is 37.3. The second kappa shape index (κ2) is 41.2. The molecule has 0 unspecified atom stereocenters. The van der Waals surface area contributed by atoms with Crippen LogP contribution in [0.2, 0.25) is 0 Å². The molecule has 3 nitrogen and oxygen atoms in total. The van der Waals surface area contributed by atoms with Gasteiger partial charge in [0.15, 0.2) is 0 Å². The van der Waals surface area contributed by atoms with Crippen LogP contribution < -0.4 is 0 Å². The van der Waals surface area contributed by atoms with Gasteiger partial charge in [-0.25, -0.2) is 15.0 Å². The van der Waals surface area contributed by atoms with Crippen molar-refractivity contribution < 1.29 is 0 Å². The number of hydrogen-bond donors (Lipinski definition) is 0. The van der Waals surface area contributed by atoms with Gasteiger partial charge in [0.05, 0.1) is 0 Å². The van der Waals surface area contributed by atoms with Gasteiger partial charge in [-0.2, -0.15) is 0 Å². The fraction of sp³-hybridized carbons (Fsp3) is 0.918. The average Bonchev–Trinajstić information content (AvgIpc) is 3.16. The lowest BCUT2D eigenvalue weighted by molar-refractivity contribution is 0.520. The molecule has 1 radical (unpaired) electrons. The highest BCUT2D eigenvalue weighted by Gasteiger charge is 2.06. The van der Waals surface area contributed by atoms with Crippen LogP contribution >= 0.6 is 0 Å². The smallest absolute Gasteiger partial charge is 0.132 e. The third-order valence-corrected chi connectivity index (χ3v) is 11.5. The van der Waals surface area contributed by atoms with Crippen LogP contribution in [0.4, 0.5) is 0 Å². The van der Waals surface area contributed by atoms with E-state index < -0.39 is 0 Å². The van der Waals surface area contributed by atoms with E-state index in [1.165, 1.54) is 257 Å². The Kier molecular flexibility index (Phi) is 38.8. The van der Waals surface area contributed by atoms with Crippen molar-refractivity contribution in [2.24, 2.45) is 0 Å². The molecule has 0 N–H and O–H groups in total. The van der Waals surface area contributed by atoms with Crippen LogP contribution in [-0.2, 0) is 19.3 Å². The lowest BCUT2D eigenvalue weighted by Gasteiger charge is -2.07. The van der Waals surface area contributed by atoms with E-state index in [1.807, 2.05) is 0 Å². The third kappa shape index (κ3) is 34.8. The van der Waals surface area contributed by atoms with Crippen molar-refractivity contribution >= 4 is 0 Å². The van der Waals surface area contributed by atoms with Crippen LogP contribution in [0.3, 0.4) is 0 Å². The first-order valence-corrected chi connectivity index (χ1v) is 24.3. The van der Waals surface area contributed by atoms with Crippen molar-refractivity contribution in [1.82, 2.24) is 15.0 Å². The number of aromatic nitrogens is 3. The van der Waals surface area contributed by atoms with Crippen molar-refractivity contribution in [3.05, 3.63) is 24.4 Å². The summed E-state index contributed by atoms with van der Waals surface area (Å²) in [6.45, 7) is 8.67. The van der Waals surface area contributed by atoms with E-state index in [4.69, 9.17) is 15.0 Å². The number of rotatable bonds is 43. The maximum Gasteiger partial charge on any atom is 0.132 e. The van der Waals surface area contributed by atoms with Gasteiger partial charge in [0.1, 0.15) is 17.5 Å². The minimum Gasteiger partial charge on any atom is -0.218 e. The second-order valence-electron chi connectivity index (χ2n) is 16.8. The molecule has 1 aromatic heterocycles. The van der Waals surface area contributed by atoms with E-state index in [2.05, 4.69) is 20.8 Å². The van der Waals surface area contributed by atoms with E-state index in [0.29, 0.717) is 6.42 Å². The number of nitrogens with zero attached hydrogens (tertiary/aromatic N) is 3. The van der Waals surface area contributed by atoms with E-state index in [-0.39, 0.29) is 0 Å². The molecule has 0 aliphatic carbocycles. The first kappa shape index (κ1) is 49.0. The van der Waals surface area contributed by atoms with Crippen LogP contribution in [-0.4, -0.2) is 15.0 Å². The summed E-state index contributed by atoms with van der Waals surface area (Å²) in [6.07, 6.45) is 59.6. The van der Waals surface area contributed by atoms with Crippen LogP contribution in [0, 0.1) is 6.92 Å². The first-order chi connectivity index (χ1) is 25.8.